The minimum Gasteiger partial charge on any atom is -0.494 e. The molecule has 2 aromatic carbocycles. The van der Waals surface area contributed by atoms with Gasteiger partial charge in [0.05, 0.1) is 6.61 Å². The van der Waals surface area contributed by atoms with Gasteiger partial charge in [-0.05, 0) is 43.7 Å². The number of benzene rings is 2. The normalized spacial score (nSPS) is 10.1. The lowest BCUT2D eigenvalue weighted by molar-refractivity contribution is 0.319. The molecule has 3 heteroatoms. The van der Waals surface area contributed by atoms with Gasteiger partial charge in [-0.15, -0.1) is 0 Å². The van der Waals surface area contributed by atoms with E-state index >= 15 is 0 Å². The van der Waals surface area contributed by atoms with Crippen molar-refractivity contribution in [3.05, 3.63) is 54.1 Å². The van der Waals surface area contributed by atoms with Gasteiger partial charge in [0.15, 0.2) is 0 Å². The van der Waals surface area contributed by atoms with Crippen LogP contribution in [-0.4, -0.2) is 19.8 Å². The first-order valence-electron chi connectivity index (χ1n) is 6.94. The zero-order chi connectivity index (χ0) is 14.2. The standard InChI is InChI=1S/C17H21NO2/c1-3-19-16-8-5-9-17(13-16)20-11-10-18-15-7-4-6-14(2)12-15/h4-9,12-13,18H,3,10-11H2,1-2H3. The van der Waals surface area contributed by atoms with Gasteiger partial charge >= 0.3 is 0 Å². The predicted octanol–water partition coefficient (Wildman–Crippen LogP) is 3.88. The molecule has 0 aliphatic rings. The molecule has 0 amide bonds. The summed E-state index contributed by atoms with van der Waals surface area (Å²) in [6.07, 6.45) is 0. The molecule has 3 nitrogen and oxygen atoms in total. The summed E-state index contributed by atoms with van der Waals surface area (Å²) in [6.45, 7) is 6.10. The number of ether oxygens (including phenoxy) is 2. The first kappa shape index (κ1) is 14.3. The van der Waals surface area contributed by atoms with Crippen LogP contribution in [0.4, 0.5) is 5.69 Å². The average Bonchev–Trinajstić information content (AvgIpc) is 2.45. The zero-order valence-corrected chi connectivity index (χ0v) is 12.1. The first-order valence-corrected chi connectivity index (χ1v) is 6.94. The van der Waals surface area contributed by atoms with E-state index in [2.05, 4.69) is 30.4 Å². The van der Waals surface area contributed by atoms with Crippen LogP contribution in [0.25, 0.3) is 0 Å². The van der Waals surface area contributed by atoms with E-state index in [1.54, 1.807) is 0 Å². The SMILES string of the molecule is CCOc1cccc(OCCNc2cccc(C)c2)c1. The fourth-order valence-electron chi connectivity index (χ4n) is 1.94. The Morgan fingerprint density at radius 2 is 1.70 bits per heavy atom. The van der Waals surface area contributed by atoms with Gasteiger partial charge in [0.1, 0.15) is 18.1 Å². The summed E-state index contributed by atoms with van der Waals surface area (Å²) in [4.78, 5) is 0. The number of rotatable bonds is 7. The van der Waals surface area contributed by atoms with E-state index in [9.17, 15) is 0 Å². The molecule has 20 heavy (non-hydrogen) atoms. The maximum atomic E-state index is 5.70. The topological polar surface area (TPSA) is 30.5 Å². The molecule has 0 spiro atoms. The van der Waals surface area contributed by atoms with E-state index in [-0.39, 0.29) is 0 Å². The van der Waals surface area contributed by atoms with Crippen molar-refractivity contribution in [1.29, 1.82) is 0 Å². The van der Waals surface area contributed by atoms with Gasteiger partial charge in [-0.3, -0.25) is 0 Å². The van der Waals surface area contributed by atoms with Crippen LogP contribution >= 0.6 is 0 Å². The van der Waals surface area contributed by atoms with Crippen LogP contribution in [0, 0.1) is 6.92 Å². The summed E-state index contributed by atoms with van der Waals surface area (Å²) in [5.41, 5.74) is 2.37. The average molecular weight is 271 g/mol. The van der Waals surface area contributed by atoms with Crippen LogP contribution in [0.15, 0.2) is 48.5 Å². The van der Waals surface area contributed by atoms with E-state index in [0.29, 0.717) is 13.2 Å². The molecule has 0 saturated carbocycles. The van der Waals surface area contributed by atoms with Crippen LogP contribution in [0.5, 0.6) is 11.5 Å². The fourth-order valence-corrected chi connectivity index (χ4v) is 1.94. The second-order valence-electron chi connectivity index (χ2n) is 4.55. The first-order chi connectivity index (χ1) is 9.78. The third-order valence-electron chi connectivity index (χ3n) is 2.83. The summed E-state index contributed by atoms with van der Waals surface area (Å²) >= 11 is 0. The molecule has 0 aliphatic carbocycles. The Bertz CT molecular complexity index is 540. The maximum Gasteiger partial charge on any atom is 0.123 e. The molecule has 0 unspecified atom stereocenters. The highest BCUT2D eigenvalue weighted by Crippen LogP contribution is 2.19. The highest BCUT2D eigenvalue weighted by Gasteiger charge is 1.97. The number of hydrogen-bond acceptors (Lipinski definition) is 3. The Labute approximate surface area is 120 Å². The van der Waals surface area contributed by atoms with Gasteiger partial charge in [-0.25, -0.2) is 0 Å². The summed E-state index contributed by atoms with van der Waals surface area (Å²) in [7, 11) is 0. The lowest BCUT2D eigenvalue weighted by Gasteiger charge is -2.10. The number of nitrogens with one attached hydrogen (secondary N) is 1. The second kappa shape index (κ2) is 7.43. The molecular weight excluding hydrogens is 250 g/mol. The van der Waals surface area contributed by atoms with Gasteiger partial charge in [-0.1, -0.05) is 18.2 Å². The minimum absolute atomic E-state index is 0.615. The molecule has 0 aromatic heterocycles. The molecule has 2 aromatic rings. The van der Waals surface area contributed by atoms with E-state index in [1.807, 2.05) is 37.3 Å². The largest absolute Gasteiger partial charge is 0.494 e. The van der Waals surface area contributed by atoms with Crippen molar-refractivity contribution >= 4 is 5.69 Å². The molecule has 106 valence electrons. The Hall–Kier alpha value is -2.16. The van der Waals surface area contributed by atoms with E-state index in [0.717, 1.165) is 23.7 Å². The Balaban J connectivity index is 1.77. The van der Waals surface area contributed by atoms with Crippen LogP contribution in [0.2, 0.25) is 0 Å². The number of anilines is 1. The monoisotopic (exact) mass is 271 g/mol. The Morgan fingerprint density at radius 3 is 2.45 bits per heavy atom. The van der Waals surface area contributed by atoms with Crippen molar-refractivity contribution in [2.45, 2.75) is 13.8 Å². The van der Waals surface area contributed by atoms with Gasteiger partial charge < -0.3 is 14.8 Å². The summed E-state index contributed by atoms with van der Waals surface area (Å²) < 4.78 is 11.1. The number of aryl methyl sites for hydroxylation is 1. The molecule has 2 rings (SSSR count). The van der Waals surface area contributed by atoms with E-state index in [4.69, 9.17) is 9.47 Å². The highest BCUT2D eigenvalue weighted by atomic mass is 16.5. The Kier molecular flexibility index (Phi) is 5.30. The van der Waals surface area contributed by atoms with E-state index in [1.165, 1.54) is 5.56 Å². The summed E-state index contributed by atoms with van der Waals surface area (Å²) in [5.74, 6) is 1.68. The van der Waals surface area contributed by atoms with Crippen molar-refractivity contribution in [3.63, 3.8) is 0 Å². The van der Waals surface area contributed by atoms with Crippen LogP contribution in [0.1, 0.15) is 12.5 Å². The molecule has 1 N–H and O–H groups in total. The quantitative estimate of drug-likeness (QED) is 0.775. The number of hydrogen-bond donors (Lipinski definition) is 1. The lowest BCUT2D eigenvalue weighted by Crippen LogP contribution is -2.11. The van der Waals surface area contributed by atoms with Gasteiger partial charge in [0.25, 0.3) is 0 Å². The van der Waals surface area contributed by atoms with Crippen molar-refractivity contribution < 1.29 is 9.47 Å². The summed E-state index contributed by atoms with van der Waals surface area (Å²) in [6, 6.07) is 16.0. The predicted molar refractivity (Wildman–Crippen MR) is 82.8 cm³/mol. The van der Waals surface area contributed by atoms with Crippen molar-refractivity contribution in [2.24, 2.45) is 0 Å². The second-order valence-corrected chi connectivity index (χ2v) is 4.55. The third kappa shape index (κ3) is 4.50. The van der Waals surface area contributed by atoms with Crippen molar-refractivity contribution in [1.82, 2.24) is 0 Å². The van der Waals surface area contributed by atoms with Crippen LogP contribution in [0.3, 0.4) is 0 Å². The highest BCUT2D eigenvalue weighted by molar-refractivity contribution is 5.45. The van der Waals surface area contributed by atoms with Crippen molar-refractivity contribution in [3.8, 4) is 11.5 Å². The van der Waals surface area contributed by atoms with Gasteiger partial charge in [-0.2, -0.15) is 0 Å². The zero-order valence-electron chi connectivity index (χ0n) is 12.1. The summed E-state index contributed by atoms with van der Waals surface area (Å²) in [5, 5.41) is 3.34. The third-order valence-corrected chi connectivity index (χ3v) is 2.83. The molecule has 0 fully saturated rings. The van der Waals surface area contributed by atoms with Crippen LogP contribution < -0.4 is 14.8 Å². The van der Waals surface area contributed by atoms with Gasteiger partial charge in [0.2, 0.25) is 0 Å². The Morgan fingerprint density at radius 1 is 0.950 bits per heavy atom. The minimum atomic E-state index is 0.615. The van der Waals surface area contributed by atoms with Gasteiger partial charge in [0, 0.05) is 18.3 Å². The molecule has 0 saturated heterocycles. The van der Waals surface area contributed by atoms with Crippen molar-refractivity contribution in [2.75, 3.05) is 25.1 Å². The molecule has 0 atom stereocenters. The van der Waals surface area contributed by atoms with E-state index < -0.39 is 0 Å². The molecule has 0 radical (unpaired) electrons. The fraction of sp³-hybridized carbons (Fsp3) is 0.294. The van der Waals surface area contributed by atoms with Crippen LogP contribution in [-0.2, 0) is 0 Å². The molecule has 0 aliphatic heterocycles. The lowest BCUT2D eigenvalue weighted by atomic mass is 10.2. The molecule has 0 heterocycles. The molecular formula is C17H21NO2. The maximum absolute atomic E-state index is 5.70. The molecule has 0 bridgehead atoms. The smallest absolute Gasteiger partial charge is 0.123 e.